The number of hydrogen-bond acceptors (Lipinski definition) is 2. The molecule has 2 aromatic carbocycles. The van der Waals surface area contributed by atoms with Crippen LogP contribution in [0, 0.1) is 10.5 Å². The molecule has 0 fully saturated rings. The summed E-state index contributed by atoms with van der Waals surface area (Å²) in [6, 6.07) is 14.3. The predicted molar refractivity (Wildman–Crippen MR) is 106 cm³/mol. The Morgan fingerprint density at radius 2 is 1.71 bits per heavy atom. The molecule has 4 heteroatoms. The van der Waals surface area contributed by atoms with Crippen molar-refractivity contribution in [1.29, 1.82) is 0 Å². The Kier molecular flexibility index (Phi) is 4.42. The summed E-state index contributed by atoms with van der Waals surface area (Å²) in [6.45, 7) is 7.73. The van der Waals surface area contributed by atoms with Gasteiger partial charge >= 0.3 is 6.09 Å². The summed E-state index contributed by atoms with van der Waals surface area (Å²) in [5, 5.41) is 1.08. The number of aromatic nitrogens is 1. The normalized spacial score (nSPS) is 11.7. The highest BCUT2D eigenvalue weighted by Gasteiger charge is 2.21. The quantitative estimate of drug-likeness (QED) is 0.441. The zero-order valence-electron chi connectivity index (χ0n) is 14.3. The number of aryl methyl sites for hydroxylation is 1. The van der Waals surface area contributed by atoms with Crippen LogP contribution in [0.1, 0.15) is 26.3 Å². The molecular weight excluding hydrogens is 413 g/mol. The van der Waals surface area contributed by atoms with Crippen molar-refractivity contribution in [3.8, 4) is 11.1 Å². The summed E-state index contributed by atoms with van der Waals surface area (Å²) in [7, 11) is 0. The molecule has 0 bridgehead atoms. The second-order valence-corrected chi connectivity index (χ2v) is 8.00. The average molecular weight is 433 g/mol. The minimum atomic E-state index is -0.521. The van der Waals surface area contributed by atoms with E-state index in [1.165, 1.54) is 11.1 Å². The highest BCUT2D eigenvalue weighted by molar-refractivity contribution is 14.1. The van der Waals surface area contributed by atoms with Gasteiger partial charge in [-0.1, -0.05) is 36.4 Å². The van der Waals surface area contributed by atoms with E-state index >= 15 is 0 Å². The maximum absolute atomic E-state index is 12.5. The molecule has 3 rings (SSSR count). The molecule has 0 atom stereocenters. The number of ether oxygens (including phenoxy) is 1. The van der Waals surface area contributed by atoms with Crippen molar-refractivity contribution in [3.05, 3.63) is 57.8 Å². The fraction of sp³-hybridized carbons (Fsp3) is 0.250. The number of carbonyl (C=O) groups is 1. The van der Waals surface area contributed by atoms with Gasteiger partial charge in [0, 0.05) is 15.2 Å². The largest absolute Gasteiger partial charge is 0.443 e. The van der Waals surface area contributed by atoms with E-state index in [4.69, 9.17) is 4.74 Å². The van der Waals surface area contributed by atoms with Crippen LogP contribution < -0.4 is 0 Å². The summed E-state index contributed by atoms with van der Waals surface area (Å²) < 4.78 is 8.17. The number of benzene rings is 2. The van der Waals surface area contributed by atoms with E-state index in [9.17, 15) is 4.79 Å². The SMILES string of the molecule is Cc1ccccc1-c1cccc2c1c(I)cn2C(=O)OC(C)(C)C. The van der Waals surface area contributed by atoms with Gasteiger partial charge in [-0.3, -0.25) is 4.57 Å². The number of carbonyl (C=O) groups excluding carboxylic acids is 1. The number of halogens is 1. The molecule has 0 aliphatic heterocycles. The average Bonchev–Trinajstić information content (AvgIpc) is 2.84. The van der Waals surface area contributed by atoms with Gasteiger partial charge in [0.25, 0.3) is 0 Å². The lowest BCUT2D eigenvalue weighted by atomic mass is 9.98. The standard InChI is InChI=1S/C20H20INO2/c1-13-8-5-6-9-14(13)15-10-7-11-17-18(15)16(21)12-22(17)19(23)24-20(2,3)4/h5-12H,1-4H3. The molecule has 0 radical (unpaired) electrons. The van der Waals surface area contributed by atoms with E-state index in [-0.39, 0.29) is 6.09 Å². The van der Waals surface area contributed by atoms with Crippen molar-refractivity contribution in [2.24, 2.45) is 0 Å². The molecule has 0 amide bonds. The van der Waals surface area contributed by atoms with Gasteiger partial charge < -0.3 is 4.74 Å². The molecule has 0 saturated carbocycles. The van der Waals surface area contributed by atoms with Gasteiger partial charge in [0.2, 0.25) is 0 Å². The first-order chi connectivity index (χ1) is 11.3. The Hall–Kier alpha value is -1.82. The van der Waals surface area contributed by atoms with Crippen molar-refractivity contribution < 1.29 is 9.53 Å². The van der Waals surface area contributed by atoms with Crippen molar-refractivity contribution in [3.63, 3.8) is 0 Å². The van der Waals surface area contributed by atoms with E-state index in [1.54, 1.807) is 4.57 Å². The van der Waals surface area contributed by atoms with Gasteiger partial charge in [-0.25, -0.2) is 4.79 Å². The summed E-state index contributed by atoms with van der Waals surface area (Å²) in [4.78, 5) is 12.5. The molecular formula is C20H20INO2. The molecule has 0 aliphatic rings. The fourth-order valence-corrected chi connectivity index (χ4v) is 3.65. The molecule has 1 aromatic heterocycles. The van der Waals surface area contributed by atoms with Crippen molar-refractivity contribution in [2.75, 3.05) is 0 Å². The number of fused-ring (bicyclic) bond motifs is 1. The van der Waals surface area contributed by atoms with Crippen LogP contribution in [0.4, 0.5) is 4.79 Å². The van der Waals surface area contributed by atoms with Crippen molar-refractivity contribution in [2.45, 2.75) is 33.3 Å². The zero-order valence-corrected chi connectivity index (χ0v) is 16.4. The maximum atomic E-state index is 12.5. The van der Waals surface area contributed by atoms with Crippen molar-refractivity contribution >= 4 is 39.6 Å². The second kappa shape index (κ2) is 6.24. The molecule has 0 aliphatic carbocycles. The summed E-state index contributed by atoms with van der Waals surface area (Å²) in [5.74, 6) is 0. The zero-order chi connectivity index (χ0) is 17.5. The Labute approximate surface area is 155 Å². The lowest BCUT2D eigenvalue weighted by Gasteiger charge is -2.19. The van der Waals surface area contributed by atoms with Crippen LogP contribution in [0.15, 0.2) is 48.7 Å². The molecule has 1 heterocycles. The van der Waals surface area contributed by atoms with Gasteiger partial charge in [-0.2, -0.15) is 0 Å². The highest BCUT2D eigenvalue weighted by atomic mass is 127. The van der Waals surface area contributed by atoms with Crippen LogP contribution in [0.3, 0.4) is 0 Å². The second-order valence-electron chi connectivity index (χ2n) is 6.84. The van der Waals surface area contributed by atoms with Crippen LogP contribution in [0.2, 0.25) is 0 Å². The third-order valence-electron chi connectivity index (χ3n) is 3.81. The molecule has 3 nitrogen and oxygen atoms in total. The maximum Gasteiger partial charge on any atom is 0.419 e. The van der Waals surface area contributed by atoms with Crippen molar-refractivity contribution in [1.82, 2.24) is 4.57 Å². The van der Waals surface area contributed by atoms with Gasteiger partial charge in [0.15, 0.2) is 0 Å². The smallest absolute Gasteiger partial charge is 0.419 e. The van der Waals surface area contributed by atoms with Crippen LogP contribution in [-0.4, -0.2) is 16.3 Å². The number of nitrogens with zero attached hydrogens (tertiary/aromatic N) is 1. The number of hydrogen-bond donors (Lipinski definition) is 0. The molecule has 24 heavy (non-hydrogen) atoms. The Morgan fingerprint density at radius 1 is 1.04 bits per heavy atom. The fourth-order valence-electron chi connectivity index (χ4n) is 2.80. The van der Waals surface area contributed by atoms with E-state index in [0.29, 0.717) is 0 Å². The predicted octanol–water partition coefficient (Wildman–Crippen LogP) is 6.00. The first kappa shape index (κ1) is 17.0. The van der Waals surface area contributed by atoms with E-state index in [2.05, 4.69) is 47.7 Å². The van der Waals surface area contributed by atoms with Crippen LogP contribution in [0.25, 0.3) is 22.0 Å². The molecule has 0 unspecified atom stereocenters. The topological polar surface area (TPSA) is 31.2 Å². The molecule has 3 aromatic rings. The Balaban J connectivity index is 2.20. The summed E-state index contributed by atoms with van der Waals surface area (Å²) in [6.07, 6.45) is 1.50. The Morgan fingerprint density at radius 3 is 2.38 bits per heavy atom. The molecule has 0 spiro atoms. The lowest BCUT2D eigenvalue weighted by molar-refractivity contribution is 0.0544. The van der Waals surface area contributed by atoms with Gasteiger partial charge in [0.05, 0.1) is 5.52 Å². The summed E-state index contributed by atoms with van der Waals surface area (Å²) in [5.41, 5.74) is 3.88. The third-order valence-corrected chi connectivity index (χ3v) is 4.63. The first-order valence-corrected chi connectivity index (χ1v) is 8.95. The lowest BCUT2D eigenvalue weighted by Crippen LogP contribution is -2.26. The van der Waals surface area contributed by atoms with Crippen LogP contribution in [0.5, 0.6) is 0 Å². The van der Waals surface area contributed by atoms with Crippen LogP contribution in [-0.2, 0) is 4.74 Å². The molecule has 0 saturated heterocycles. The van der Waals surface area contributed by atoms with Gasteiger partial charge in [-0.05, 0) is 73.0 Å². The van der Waals surface area contributed by atoms with E-state index < -0.39 is 5.60 Å². The van der Waals surface area contributed by atoms with Gasteiger partial charge in [0.1, 0.15) is 5.60 Å². The summed E-state index contributed by atoms with van der Waals surface area (Å²) >= 11 is 2.29. The third kappa shape index (κ3) is 3.20. The molecule has 0 N–H and O–H groups in total. The van der Waals surface area contributed by atoms with Gasteiger partial charge in [-0.15, -0.1) is 0 Å². The van der Waals surface area contributed by atoms with E-state index in [0.717, 1.165) is 20.0 Å². The Bertz CT molecular complexity index is 919. The minimum absolute atomic E-state index is 0.350. The van der Waals surface area contributed by atoms with Crippen LogP contribution >= 0.6 is 22.6 Å². The highest BCUT2D eigenvalue weighted by Crippen LogP contribution is 2.35. The van der Waals surface area contributed by atoms with E-state index in [1.807, 2.05) is 51.2 Å². The first-order valence-electron chi connectivity index (χ1n) is 7.87. The monoisotopic (exact) mass is 433 g/mol. The number of rotatable bonds is 1. The molecule has 124 valence electrons. The minimum Gasteiger partial charge on any atom is -0.443 e.